The minimum Gasteiger partial charge on any atom is -0.326 e. The second-order valence-electron chi connectivity index (χ2n) is 4.93. The standard InChI is InChI=1S/C13H19ClN2O2S/c14-12-7-6-10(9-15)8-13(12)19(17,18)16-11-4-2-1-3-5-11/h6-8,11,16H,1-5,9,15H2. The lowest BCUT2D eigenvalue weighted by atomic mass is 9.96. The van der Waals surface area contributed by atoms with Gasteiger partial charge in [0.05, 0.1) is 5.02 Å². The molecule has 1 aromatic carbocycles. The van der Waals surface area contributed by atoms with Crippen LogP contribution in [0.15, 0.2) is 23.1 Å². The third-order valence-electron chi connectivity index (χ3n) is 3.45. The third kappa shape index (κ3) is 3.69. The molecule has 3 N–H and O–H groups in total. The number of hydrogen-bond acceptors (Lipinski definition) is 3. The largest absolute Gasteiger partial charge is 0.326 e. The van der Waals surface area contributed by atoms with E-state index in [0.29, 0.717) is 6.54 Å². The fourth-order valence-corrected chi connectivity index (χ4v) is 4.24. The molecule has 0 bridgehead atoms. The lowest BCUT2D eigenvalue weighted by Gasteiger charge is -2.23. The summed E-state index contributed by atoms with van der Waals surface area (Å²) in [6.45, 7) is 0.295. The molecule has 1 fully saturated rings. The van der Waals surface area contributed by atoms with Crippen LogP contribution in [-0.2, 0) is 16.6 Å². The van der Waals surface area contributed by atoms with Crippen molar-refractivity contribution in [2.24, 2.45) is 5.73 Å². The van der Waals surface area contributed by atoms with Gasteiger partial charge in [-0.05, 0) is 30.5 Å². The second-order valence-corrected chi connectivity index (χ2v) is 7.01. The van der Waals surface area contributed by atoms with Gasteiger partial charge in [0.25, 0.3) is 0 Å². The first-order valence-corrected chi connectivity index (χ1v) is 8.40. The number of sulfonamides is 1. The van der Waals surface area contributed by atoms with E-state index in [2.05, 4.69) is 4.72 Å². The molecule has 0 heterocycles. The molecule has 1 aromatic rings. The zero-order chi connectivity index (χ0) is 13.9. The quantitative estimate of drug-likeness (QED) is 0.897. The maximum Gasteiger partial charge on any atom is 0.242 e. The molecule has 6 heteroatoms. The summed E-state index contributed by atoms with van der Waals surface area (Å²) in [5.41, 5.74) is 6.30. The van der Waals surface area contributed by atoms with Crippen molar-refractivity contribution in [2.75, 3.05) is 0 Å². The van der Waals surface area contributed by atoms with Crippen molar-refractivity contribution >= 4 is 21.6 Å². The average Bonchev–Trinajstić information content (AvgIpc) is 2.39. The molecule has 0 unspecified atom stereocenters. The molecular weight excluding hydrogens is 284 g/mol. The van der Waals surface area contributed by atoms with Gasteiger partial charge in [-0.2, -0.15) is 0 Å². The molecule has 1 aliphatic carbocycles. The van der Waals surface area contributed by atoms with Gasteiger partial charge >= 0.3 is 0 Å². The van der Waals surface area contributed by atoms with Crippen LogP contribution in [0, 0.1) is 0 Å². The minimum atomic E-state index is -3.56. The van der Waals surface area contributed by atoms with Gasteiger partial charge in [0.1, 0.15) is 4.90 Å². The molecule has 2 rings (SSSR count). The van der Waals surface area contributed by atoms with Gasteiger partial charge in [0.2, 0.25) is 10.0 Å². The maximum atomic E-state index is 12.4. The van der Waals surface area contributed by atoms with Crippen LogP contribution < -0.4 is 10.5 Å². The first-order chi connectivity index (χ1) is 9.03. The van der Waals surface area contributed by atoms with Gasteiger partial charge in [-0.15, -0.1) is 0 Å². The van der Waals surface area contributed by atoms with Crippen LogP contribution >= 0.6 is 11.6 Å². The van der Waals surface area contributed by atoms with Crippen molar-refractivity contribution in [1.82, 2.24) is 4.72 Å². The van der Waals surface area contributed by atoms with Gasteiger partial charge in [0, 0.05) is 12.6 Å². The molecule has 0 amide bonds. The summed E-state index contributed by atoms with van der Waals surface area (Å²) < 4.78 is 27.5. The highest BCUT2D eigenvalue weighted by molar-refractivity contribution is 7.89. The predicted octanol–water partition coefficient (Wildman–Crippen LogP) is 2.41. The van der Waals surface area contributed by atoms with E-state index >= 15 is 0 Å². The van der Waals surface area contributed by atoms with Crippen molar-refractivity contribution in [3.63, 3.8) is 0 Å². The summed E-state index contributed by atoms with van der Waals surface area (Å²) in [7, 11) is -3.56. The smallest absolute Gasteiger partial charge is 0.242 e. The normalized spacial score (nSPS) is 17.6. The van der Waals surface area contributed by atoms with Gasteiger partial charge in [-0.1, -0.05) is 36.9 Å². The summed E-state index contributed by atoms with van der Waals surface area (Å²) in [5.74, 6) is 0. The molecule has 0 saturated heterocycles. The van der Waals surface area contributed by atoms with Gasteiger partial charge in [-0.3, -0.25) is 0 Å². The average molecular weight is 303 g/mol. The fourth-order valence-electron chi connectivity index (χ4n) is 2.38. The van der Waals surface area contributed by atoms with Crippen LogP contribution in [0.2, 0.25) is 5.02 Å². The first-order valence-electron chi connectivity index (χ1n) is 6.54. The van der Waals surface area contributed by atoms with Crippen LogP contribution in [-0.4, -0.2) is 14.5 Å². The Morgan fingerprint density at radius 3 is 2.58 bits per heavy atom. The molecule has 0 aromatic heterocycles. The fraction of sp³-hybridized carbons (Fsp3) is 0.538. The van der Waals surface area contributed by atoms with Crippen LogP contribution in [0.4, 0.5) is 0 Å². The van der Waals surface area contributed by atoms with E-state index in [1.165, 1.54) is 6.42 Å². The topological polar surface area (TPSA) is 72.2 Å². The van der Waals surface area contributed by atoms with Crippen LogP contribution in [0.3, 0.4) is 0 Å². The van der Waals surface area contributed by atoms with Crippen molar-refractivity contribution in [3.8, 4) is 0 Å². The zero-order valence-corrected chi connectivity index (χ0v) is 12.3. The molecule has 4 nitrogen and oxygen atoms in total. The Balaban J connectivity index is 2.23. The second kappa shape index (κ2) is 6.22. The van der Waals surface area contributed by atoms with Crippen LogP contribution in [0.5, 0.6) is 0 Å². The number of hydrogen-bond donors (Lipinski definition) is 2. The van der Waals surface area contributed by atoms with E-state index in [1.807, 2.05) is 0 Å². The van der Waals surface area contributed by atoms with Crippen molar-refractivity contribution in [2.45, 2.75) is 49.6 Å². The van der Waals surface area contributed by atoms with E-state index in [4.69, 9.17) is 17.3 Å². The van der Waals surface area contributed by atoms with E-state index in [-0.39, 0.29) is 16.0 Å². The SMILES string of the molecule is NCc1ccc(Cl)c(S(=O)(=O)NC2CCCCC2)c1. The highest BCUT2D eigenvalue weighted by atomic mass is 35.5. The summed E-state index contributed by atoms with van der Waals surface area (Å²) in [6.07, 6.45) is 5.12. The lowest BCUT2D eigenvalue weighted by Crippen LogP contribution is -2.36. The Morgan fingerprint density at radius 2 is 1.95 bits per heavy atom. The maximum absolute atomic E-state index is 12.4. The number of nitrogens with two attached hydrogens (primary N) is 1. The Kier molecular flexibility index (Phi) is 4.84. The highest BCUT2D eigenvalue weighted by Crippen LogP contribution is 2.25. The van der Waals surface area contributed by atoms with E-state index < -0.39 is 10.0 Å². The molecular formula is C13H19ClN2O2S. The van der Waals surface area contributed by atoms with Gasteiger partial charge in [-0.25, -0.2) is 13.1 Å². The van der Waals surface area contributed by atoms with Gasteiger partial charge < -0.3 is 5.73 Å². The number of benzene rings is 1. The molecule has 106 valence electrons. The van der Waals surface area contributed by atoms with E-state index in [1.54, 1.807) is 18.2 Å². The first kappa shape index (κ1) is 14.8. The molecule has 0 radical (unpaired) electrons. The third-order valence-corrected chi connectivity index (χ3v) is 5.45. The zero-order valence-electron chi connectivity index (χ0n) is 10.7. The molecule has 0 atom stereocenters. The molecule has 1 saturated carbocycles. The number of halogens is 1. The minimum absolute atomic E-state index is 0.0244. The highest BCUT2D eigenvalue weighted by Gasteiger charge is 2.23. The number of nitrogens with one attached hydrogen (secondary N) is 1. The Morgan fingerprint density at radius 1 is 1.26 bits per heavy atom. The summed E-state index contributed by atoms with van der Waals surface area (Å²) in [4.78, 5) is 0.127. The Labute approximate surface area is 119 Å². The van der Waals surface area contributed by atoms with Gasteiger partial charge in [0.15, 0.2) is 0 Å². The molecule has 1 aliphatic rings. The van der Waals surface area contributed by atoms with Crippen LogP contribution in [0.1, 0.15) is 37.7 Å². The monoisotopic (exact) mass is 302 g/mol. The summed E-state index contributed by atoms with van der Waals surface area (Å²) in [5, 5.41) is 0.237. The lowest BCUT2D eigenvalue weighted by molar-refractivity contribution is 0.412. The van der Waals surface area contributed by atoms with Crippen molar-refractivity contribution < 1.29 is 8.42 Å². The van der Waals surface area contributed by atoms with Crippen molar-refractivity contribution in [3.05, 3.63) is 28.8 Å². The predicted molar refractivity (Wildman–Crippen MR) is 76.5 cm³/mol. The Bertz CT molecular complexity index is 540. The van der Waals surface area contributed by atoms with Crippen LogP contribution in [0.25, 0.3) is 0 Å². The number of rotatable bonds is 4. The van der Waals surface area contributed by atoms with E-state index in [9.17, 15) is 8.42 Å². The molecule has 19 heavy (non-hydrogen) atoms. The van der Waals surface area contributed by atoms with E-state index in [0.717, 1.165) is 31.2 Å². The van der Waals surface area contributed by atoms with Crippen molar-refractivity contribution in [1.29, 1.82) is 0 Å². The summed E-state index contributed by atoms with van der Waals surface area (Å²) >= 11 is 6.00. The Hall–Kier alpha value is -0.620. The molecule has 0 spiro atoms. The summed E-state index contributed by atoms with van der Waals surface area (Å²) in [6, 6.07) is 4.89. The molecule has 0 aliphatic heterocycles.